The molecule has 4 heterocycles. The molecule has 6 atom stereocenters. The third-order valence-electron chi connectivity index (χ3n) is 6.56. The van der Waals surface area contributed by atoms with Crippen LogP contribution in [0.3, 0.4) is 0 Å². The Morgan fingerprint density at radius 3 is 3.17 bits per heavy atom. The lowest BCUT2D eigenvalue weighted by Gasteiger charge is -2.26. The van der Waals surface area contributed by atoms with Crippen LogP contribution in [0.5, 0.6) is 0 Å². The summed E-state index contributed by atoms with van der Waals surface area (Å²) in [6.07, 6.45) is 10.2. The molecule has 5 rings (SSSR count). The Hall–Kier alpha value is -2.42. The highest BCUT2D eigenvalue weighted by atomic mass is 16.6. The number of nitrogens with zero attached hydrogens (tertiary/aromatic N) is 4. The first-order valence-electron chi connectivity index (χ1n) is 10.7. The van der Waals surface area contributed by atoms with Gasteiger partial charge in [0.2, 0.25) is 0 Å². The van der Waals surface area contributed by atoms with Gasteiger partial charge in [-0.15, -0.1) is 10.2 Å². The highest BCUT2D eigenvalue weighted by molar-refractivity contribution is 5.76. The number of rotatable bonds is 5. The van der Waals surface area contributed by atoms with Crippen molar-refractivity contribution in [3.63, 3.8) is 0 Å². The van der Waals surface area contributed by atoms with Crippen LogP contribution in [0.25, 0.3) is 0 Å². The minimum absolute atomic E-state index is 0.00867. The van der Waals surface area contributed by atoms with E-state index >= 15 is 0 Å². The number of alkyl carbamates (subject to hydrolysis) is 1. The maximum atomic E-state index is 12.3. The average molecular weight is 400 g/mol. The molecule has 156 valence electrons. The number of hydrogen-bond donors (Lipinski definition) is 2. The third-order valence-corrected chi connectivity index (χ3v) is 6.56. The molecule has 1 saturated heterocycles. The smallest absolute Gasteiger partial charge is 0.407 e. The van der Waals surface area contributed by atoms with E-state index in [0.29, 0.717) is 12.5 Å². The standard InChI is InChI=1S/C20H28N6O3/c1-2-12-8-14(29-20(27)23-10-13-4-3-7-28-13)9-15(12)19-25-24-17-11-22-18-16(26(17)19)5-6-21-18/h5-6,11-16,18,21H,2-4,7-10H2,1H3,(H,23,27)/t12-,13-,14+,15+,16?,18?/m1/s1. The van der Waals surface area contributed by atoms with Crippen LogP contribution in [0, 0.1) is 5.92 Å². The summed E-state index contributed by atoms with van der Waals surface area (Å²) >= 11 is 0. The molecule has 1 aliphatic carbocycles. The SMILES string of the molecule is CC[C@@H]1C[C@H](OC(=O)NC[C@H]2CCCO2)C[C@@H]1c1nnc2n1C1C=CNC1N=C2. The Kier molecular flexibility index (Phi) is 4.99. The molecule has 0 aromatic carbocycles. The Bertz CT molecular complexity index is 815. The van der Waals surface area contributed by atoms with Crippen molar-refractivity contribution in [2.45, 2.75) is 69.4 Å². The third kappa shape index (κ3) is 3.52. The zero-order valence-corrected chi connectivity index (χ0v) is 16.7. The molecule has 0 bridgehead atoms. The van der Waals surface area contributed by atoms with E-state index in [-0.39, 0.29) is 36.4 Å². The molecule has 0 radical (unpaired) electrons. The number of aromatic nitrogens is 3. The molecule has 2 unspecified atom stereocenters. The van der Waals surface area contributed by atoms with E-state index in [2.05, 4.69) is 43.4 Å². The summed E-state index contributed by atoms with van der Waals surface area (Å²) in [5.74, 6) is 2.41. The topological polar surface area (TPSA) is 103 Å². The first kappa shape index (κ1) is 18.6. The first-order chi connectivity index (χ1) is 14.2. The van der Waals surface area contributed by atoms with Crippen LogP contribution in [0.2, 0.25) is 0 Å². The van der Waals surface area contributed by atoms with Crippen LogP contribution >= 0.6 is 0 Å². The minimum atomic E-state index is -0.348. The van der Waals surface area contributed by atoms with Crippen LogP contribution < -0.4 is 10.6 Å². The van der Waals surface area contributed by atoms with Gasteiger partial charge in [0.15, 0.2) is 5.82 Å². The monoisotopic (exact) mass is 400 g/mol. The Morgan fingerprint density at radius 2 is 2.34 bits per heavy atom. The van der Waals surface area contributed by atoms with Gasteiger partial charge in [0.1, 0.15) is 18.1 Å². The summed E-state index contributed by atoms with van der Waals surface area (Å²) in [7, 11) is 0. The van der Waals surface area contributed by atoms with Crippen molar-refractivity contribution < 1.29 is 14.3 Å². The molecule has 0 spiro atoms. The van der Waals surface area contributed by atoms with Crippen LogP contribution in [0.15, 0.2) is 17.3 Å². The van der Waals surface area contributed by atoms with Crippen LogP contribution in [0.1, 0.15) is 62.6 Å². The molecule has 3 aliphatic heterocycles. The fourth-order valence-corrected chi connectivity index (χ4v) is 5.06. The van der Waals surface area contributed by atoms with Gasteiger partial charge in [0, 0.05) is 19.1 Å². The maximum absolute atomic E-state index is 12.3. The summed E-state index contributed by atoms with van der Waals surface area (Å²) < 4.78 is 13.5. The maximum Gasteiger partial charge on any atom is 0.407 e. The van der Waals surface area contributed by atoms with E-state index < -0.39 is 0 Å². The zero-order chi connectivity index (χ0) is 19.8. The fraction of sp³-hybridized carbons (Fsp3) is 0.700. The zero-order valence-electron chi connectivity index (χ0n) is 16.7. The van der Waals surface area contributed by atoms with Gasteiger partial charge in [-0.25, -0.2) is 4.79 Å². The van der Waals surface area contributed by atoms with Gasteiger partial charge in [-0.3, -0.25) is 9.56 Å². The molecule has 29 heavy (non-hydrogen) atoms. The number of amides is 1. The molecule has 1 amide bonds. The number of ether oxygens (including phenoxy) is 2. The van der Waals surface area contributed by atoms with Crippen molar-refractivity contribution in [2.24, 2.45) is 10.9 Å². The Labute approximate surface area is 169 Å². The molecule has 9 heteroatoms. The van der Waals surface area contributed by atoms with Crippen molar-refractivity contribution >= 4 is 12.3 Å². The Balaban J connectivity index is 1.26. The number of carbonyl (C=O) groups excluding carboxylic acids is 1. The van der Waals surface area contributed by atoms with Crippen molar-refractivity contribution in [3.8, 4) is 0 Å². The molecule has 1 aromatic heterocycles. The summed E-state index contributed by atoms with van der Waals surface area (Å²) in [5.41, 5.74) is 0. The number of carbonyl (C=O) groups is 1. The van der Waals surface area contributed by atoms with E-state index in [1.54, 1.807) is 6.21 Å². The van der Waals surface area contributed by atoms with E-state index in [1.165, 1.54) is 0 Å². The minimum Gasteiger partial charge on any atom is -0.446 e. The molecule has 4 aliphatic rings. The molecule has 2 N–H and O–H groups in total. The Morgan fingerprint density at radius 1 is 1.41 bits per heavy atom. The van der Waals surface area contributed by atoms with Gasteiger partial charge in [0.05, 0.1) is 18.4 Å². The largest absolute Gasteiger partial charge is 0.446 e. The molecular weight excluding hydrogens is 372 g/mol. The predicted octanol–water partition coefficient (Wildman–Crippen LogP) is 1.87. The summed E-state index contributed by atoms with van der Waals surface area (Å²) in [4.78, 5) is 16.8. The van der Waals surface area contributed by atoms with Gasteiger partial charge in [-0.05, 0) is 43.9 Å². The van der Waals surface area contributed by atoms with Gasteiger partial charge in [0.25, 0.3) is 0 Å². The first-order valence-corrected chi connectivity index (χ1v) is 10.7. The number of aliphatic imine (C=N–C) groups is 1. The van der Waals surface area contributed by atoms with Gasteiger partial charge in [-0.1, -0.05) is 13.3 Å². The van der Waals surface area contributed by atoms with E-state index in [0.717, 1.165) is 50.4 Å². The van der Waals surface area contributed by atoms with Crippen molar-refractivity contribution in [3.05, 3.63) is 23.9 Å². The second-order valence-corrected chi connectivity index (χ2v) is 8.32. The highest BCUT2D eigenvalue weighted by Gasteiger charge is 2.41. The second kappa shape index (κ2) is 7.78. The predicted molar refractivity (Wildman–Crippen MR) is 106 cm³/mol. The highest BCUT2D eigenvalue weighted by Crippen LogP contribution is 2.43. The second-order valence-electron chi connectivity index (χ2n) is 8.32. The average Bonchev–Trinajstić information content (AvgIpc) is 3.51. The van der Waals surface area contributed by atoms with Gasteiger partial charge in [-0.2, -0.15) is 0 Å². The summed E-state index contributed by atoms with van der Waals surface area (Å²) in [6.45, 7) is 3.49. The lowest BCUT2D eigenvalue weighted by molar-refractivity contribution is 0.0825. The number of fused-ring (bicyclic) bond motifs is 3. The summed E-state index contributed by atoms with van der Waals surface area (Å²) in [6, 6.07) is 0.104. The quantitative estimate of drug-likeness (QED) is 0.782. The molecule has 1 saturated carbocycles. The number of hydrogen-bond acceptors (Lipinski definition) is 7. The molecule has 2 fully saturated rings. The van der Waals surface area contributed by atoms with E-state index in [1.807, 2.05) is 6.20 Å². The molecule has 1 aromatic rings. The van der Waals surface area contributed by atoms with Crippen LogP contribution in [-0.4, -0.2) is 58.6 Å². The van der Waals surface area contributed by atoms with Crippen molar-refractivity contribution in [1.82, 2.24) is 25.4 Å². The van der Waals surface area contributed by atoms with Crippen LogP contribution in [-0.2, 0) is 9.47 Å². The lowest BCUT2D eigenvalue weighted by Crippen LogP contribution is -2.34. The van der Waals surface area contributed by atoms with E-state index in [4.69, 9.17) is 9.47 Å². The fourth-order valence-electron chi connectivity index (χ4n) is 5.06. The lowest BCUT2D eigenvalue weighted by atomic mass is 9.92. The van der Waals surface area contributed by atoms with Gasteiger partial charge >= 0.3 is 6.09 Å². The molecule has 9 nitrogen and oxygen atoms in total. The van der Waals surface area contributed by atoms with Gasteiger partial charge < -0.3 is 20.1 Å². The van der Waals surface area contributed by atoms with Crippen molar-refractivity contribution in [1.29, 1.82) is 0 Å². The summed E-state index contributed by atoms with van der Waals surface area (Å²) in [5, 5.41) is 15.0. The van der Waals surface area contributed by atoms with Crippen LogP contribution in [0.4, 0.5) is 4.79 Å². The molecular formula is C20H28N6O3. The van der Waals surface area contributed by atoms with E-state index in [9.17, 15) is 4.79 Å². The van der Waals surface area contributed by atoms with Crippen molar-refractivity contribution in [2.75, 3.05) is 13.2 Å². The number of nitrogens with one attached hydrogen (secondary N) is 2. The normalized spacial score (nSPS) is 34.7.